The molecule has 62 valence electrons. The third kappa shape index (κ3) is 12.9. The molecule has 11 heavy (non-hydrogen) atoms. The fraction of sp³-hybridized carbons (Fsp3) is 0.750. The largest absolute Gasteiger partial charge is 2.00 e. The molecule has 0 aromatic carbocycles. The van der Waals surface area contributed by atoms with E-state index in [9.17, 15) is 4.79 Å². The van der Waals surface area contributed by atoms with Crippen molar-refractivity contribution in [1.82, 2.24) is 5.32 Å². The first kappa shape index (κ1) is 17.0. The Morgan fingerprint density at radius 1 is 1.64 bits per heavy atom. The fourth-order valence-electron chi connectivity index (χ4n) is 0.283. The van der Waals surface area contributed by atoms with Gasteiger partial charge in [-0.05, 0) is 0 Å². The molecule has 0 bridgehead atoms. The second kappa shape index (κ2) is 9.77. The molecule has 0 saturated carbocycles. The molecule has 6 nitrogen and oxygen atoms in total. The molecule has 0 aliphatic rings. The molecule has 7 heteroatoms. The molecule has 0 heterocycles. The number of nitrogens with one attached hydrogen (secondary N) is 1. The van der Waals surface area contributed by atoms with Crippen LogP contribution in [0.25, 0.3) is 0 Å². The van der Waals surface area contributed by atoms with E-state index in [0.717, 1.165) is 0 Å². The number of aliphatic hydroxyl groups is 2. The first-order valence-corrected chi connectivity index (χ1v) is 2.49. The molecule has 0 saturated heterocycles. The zero-order valence-corrected chi connectivity index (χ0v) is 8.95. The van der Waals surface area contributed by atoms with E-state index in [1.807, 2.05) is 0 Å². The fourth-order valence-corrected chi connectivity index (χ4v) is 0.283. The van der Waals surface area contributed by atoms with Gasteiger partial charge >= 0.3 is 25.5 Å². The number of carbonyl (C=O) groups excluding carboxylic acids is 1. The van der Waals surface area contributed by atoms with Crippen molar-refractivity contribution in [2.75, 3.05) is 13.2 Å². The van der Waals surface area contributed by atoms with Gasteiger partial charge in [0.25, 0.3) is 0 Å². The van der Waals surface area contributed by atoms with Gasteiger partial charge in [0.05, 0.1) is 12.7 Å². The van der Waals surface area contributed by atoms with Crippen LogP contribution in [0.2, 0.25) is 0 Å². The number of aliphatic hydroxyl groups excluding tert-OH is 2. The first-order chi connectivity index (χ1) is 4.16. The Labute approximate surface area is 76.8 Å². The van der Waals surface area contributed by atoms with Gasteiger partial charge in [0.2, 0.25) is 0 Å². The molecule has 2 amide bonds. The van der Waals surface area contributed by atoms with E-state index in [1.54, 1.807) is 0 Å². The minimum Gasteiger partial charge on any atom is -2.00 e. The molecule has 0 aromatic rings. The van der Waals surface area contributed by atoms with Gasteiger partial charge in [-0.2, -0.15) is 0 Å². The van der Waals surface area contributed by atoms with Crippen LogP contribution in [-0.4, -0.2) is 35.5 Å². The average Bonchev–Trinajstić information content (AvgIpc) is 1.83. The van der Waals surface area contributed by atoms with Crippen molar-refractivity contribution in [1.29, 1.82) is 0 Å². The smallest absolute Gasteiger partial charge is 2.00 e. The van der Waals surface area contributed by atoms with Gasteiger partial charge in [-0.3, -0.25) is 0 Å². The molecule has 0 radical (unpaired) electrons. The molecule has 0 aromatic heterocycles. The number of urea groups is 1. The van der Waals surface area contributed by atoms with Crippen LogP contribution in [0.5, 0.6) is 0 Å². The van der Waals surface area contributed by atoms with Crippen molar-refractivity contribution < 1.29 is 40.0 Å². The first-order valence-electron chi connectivity index (χ1n) is 2.49. The number of carbonyl (C=O) groups is 1. The summed E-state index contributed by atoms with van der Waals surface area (Å²) in [5.74, 6) is 0. The Balaban J connectivity index is -0.000000320. The molecule has 0 aliphatic heterocycles. The van der Waals surface area contributed by atoms with E-state index in [-0.39, 0.29) is 38.1 Å². The minimum atomic E-state index is -0.919. The Morgan fingerprint density at radius 3 is 2.36 bits per heavy atom. The molecule has 0 rings (SSSR count). The normalized spacial score (nSPS) is 10.4. The Hall–Kier alpha value is -0.227. The van der Waals surface area contributed by atoms with E-state index in [1.165, 1.54) is 0 Å². The topological polar surface area (TPSA) is 124 Å². The molecule has 0 aliphatic carbocycles. The van der Waals surface area contributed by atoms with Crippen LogP contribution in [0.3, 0.4) is 0 Å². The Morgan fingerprint density at radius 2 is 2.09 bits per heavy atom. The average molecular weight is 216 g/mol. The van der Waals surface area contributed by atoms with E-state index < -0.39 is 12.1 Å². The molecule has 1 unspecified atom stereocenters. The molecule has 5 N–H and O–H groups in total. The standard InChI is InChI=1S/C4H10N2O3.O.Zn/c5-4(9)6-1-3(8)2-7;;/h3,7-8H,1-2H2,(H3,5,6,9);;/q;-2;+2. The molecule has 1 atom stereocenters. The van der Waals surface area contributed by atoms with Gasteiger partial charge in [-0.15, -0.1) is 0 Å². The third-order valence-electron chi connectivity index (χ3n) is 0.723. The predicted octanol–water partition coefficient (Wildman–Crippen LogP) is -2.11. The summed E-state index contributed by atoms with van der Waals surface area (Å²) >= 11 is 0. The van der Waals surface area contributed by atoms with Crippen LogP contribution in [0.1, 0.15) is 0 Å². The van der Waals surface area contributed by atoms with Crippen molar-refractivity contribution in [3.63, 3.8) is 0 Å². The van der Waals surface area contributed by atoms with Gasteiger partial charge in [0.1, 0.15) is 0 Å². The maximum absolute atomic E-state index is 9.94. The summed E-state index contributed by atoms with van der Waals surface area (Å²) in [5.41, 5.74) is 4.65. The van der Waals surface area contributed by atoms with Gasteiger partial charge in [-0.1, -0.05) is 0 Å². The van der Waals surface area contributed by atoms with E-state index >= 15 is 0 Å². The quantitative estimate of drug-likeness (QED) is 0.403. The number of amides is 2. The van der Waals surface area contributed by atoms with Crippen LogP contribution in [0, 0.1) is 0 Å². The van der Waals surface area contributed by atoms with Crippen molar-refractivity contribution in [3.8, 4) is 0 Å². The number of primary amides is 1. The molecule has 0 fully saturated rings. The predicted molar refractivity (Wildman–Crippen MR) is 31.4 cm³/mol. The monoisotopic (exact) mass is 214 g/mol. The summed E-state index contributed by atoms with van der Waals surface area (Å²) in [5, 5.41) is 18.9. The van der Waals surface area contributed by atoms with E-state index in [4.69, 9.17) is 10.2 Å². The summed E-state index contributed by atoms with van der Waals surface area (Å²) in [6.45, 7) is -0.383. The zero-order chi connectivity index (χ0) is 7.28. The number of hydrogen-bond donors (Lipinski definition) is 4. The SMILES string of the molecule is NC(=O)NCC(O)CO.[O-2].[Zn+2]. The van der Waals surface area contributed by atoms with Gasteiger partial charge < -0.3 is 26.7 Å². The van der Waals surface area contributed by atoms with Crippen LogP contribution in [-0.2, 0) is 25.0 Å². The van der Waals surface area contributed by atoms with Gasteiger partial charge in [-0.25, -0.2) is 4.79 Å². The van der Waals surface area contributed by atoms with E-state index in [2.05, 4.69) is 11.1 Å². The third-order valence-corrected chi connectivity index (χ3v) is 0.723. The second-order valence-electron chi connectivity index (χ2n) is 1.58. The number of nitrogens with two attached hydrogens (primary N) is 1. The van der Waals surface area contributed by atoms with Gasteiger partial charge in [0, 0.05) is 6.54 Å². The van der Waals surface area contributed by atoms with Crippen molar-refractivity contribution in [3.05, 3.63) is 0 Å². The summed E-state index contributed by atoms with van der Waals surface area (Å²) in [6.07, 6.45) is -0.919. The van der Waals surface area contributed by atoms with Crippen LogP contribution >= 0.6 is 0 Å². The molecular weight excluding hydrogens is 205 g/mol. The maximum atomic E-state index is 9.94. The summed E-state index contributed by atoms with van der Waals surface area (Å²) in [4.78, 5) is 9.94. The van der Waals surface area contributed by atoms with Crippen LogP contribution in [0.15, 0.2) is 0 Å². The number of hydrogen-bond acceptors (Lipinski definition) is 3. The Kier molecular flexibility index (Phi) is 15.1. The summed E-state index contributed by atoms with van der Waals surface area (Å²) in [7, 11) is 0. The zero-order valence-electron chi connectivity index (χ0n) is 5.99. The van der Waals surface area contributed by atoms with Crippen LogP contribution < -0.4 is 11.1 Å². The second-order valence-corrected chi connectivity index (χ2v) is 1.58. The number of rotatable bonds is 3. The van der Waals surface area contributed by atoms with Crippen molar-refractivity contribution in [2.24, 2.45) is 5.73 Å². The maximum Gasteiger partial charge on any atom is 2.00 e. The van der Waals surface area contributed by atoms with Crippen LogP contribution in [0.4, 0.5) is 4.79 Å². The van der Waals surface area contributed by atoms with Crippen molar-refractivity contribution in [2.45, 2.75) is 6.10 Å². The van der Waals surface area contributed by atoms with Crippen molar-refractivity contribution >= 4 is 6.03 Å². The molecular formula is C4H10N2O4Zn. The minimum absolute atomic E-state index is 0. The summed E-state index contributed by atoms with van der Waals surface area (Å²) in [6, 6.07) is -0.706. The van der Waals surface area contributed by atoms with E-state index in [0.29, 0.717) is 0 Å². The molecule has 0 spiro atoms. The van der Waals surface area contributed by atoms with Gasteiger partial charge in [0.15, 0.2) is 0 Å². The Bertz CT molecular complexity index is 102. The summed E-state index contributed by atoms with van der Waals surface area (Å²) < 4.78 is 0.